The summed E-state index contributed by atoms with van der Waals surface area (Å²) in [7, 11) is 1.52. The lowest BCUT2D eigenvalue weighted by atomic mass is 10.2. The molecule has 1 heterocycles. The number of hydrogen-bond acceptors (Lipinski definition) is 4. The summed E-state index contributed by atoms with van der Waals surface area (Å²) < 4.78 is 4.89. The van der Waals surface area contributed by atoms with Crippen LogP contribution in [0, 0.1) is 6.92 Å². The molecule has 0 saturated heterocycles. The molecule has 0 saturated carbocycles. The second-order valence-electron chi connectivity index (χ2n) is 2.46. The zero-order chi connectivity index (χ0) is 9.84. The number of hydrazine groups is 1. The van der Waals surface area contributed by atoms with E-state index in [1.807, 2.05) is 5.43 Å². The lowest BCUT2D eigenvalue weighted by Crippen LogP contribution is -2.30. The van der Waals surface area contributed by atoms with E-state index in [1.165, 1.54) is 7.11 Å². The minimum absolute atomic E-state index is 0.354. The summed E-state index contributed by atoms with van der Waals surface area (Å²) in [5.74, 6) is 5.11. The van der Waals surface area contributed by atoms with Gasteiger partial charge in [0.1, 0.15) is 0 Å². The molecular formula is C8H11N3O2. The van der Waals surface area contributed by atoms with Crippen molar-refractivity contribution < 1.29 is 9.53 Å². The van der Waals surface area contributed by atoms with Crippen LogP contribution in [-0.2, 0) is 0 Å². The second kappa shape index (κ2) is 3.86. The second-order valence-corrected chi connectivity index (χ2v) is 2.46. The molecule has 1 aromatic heterocycles. The molecule has 0 aromatic carbocycles. The predicted molar refractivity (Wildman–Crippen MR) is 47.2 cm³/mol. The zero-order valence-corrected chi connectivity index (χ0v) is 7.50. The molecule has 0 aliphatic rings. The van der Waals surface area contributed by atoms with Crippen LogP contribution in [-0.4, -0.2) is 18.0 Å². The molecule has 0 aliphatic carbocycles. The van der Waals surface area contributed by atoms with Crippen molar-refractivity contribution in [2.75, 3.05) is 7.11 Å². The van der Waals surface area contributed by atoms with Gasteiger partial charge in [0.25, 0.3) is 5.91 Å². The molecule has 5 heteroatoms. The van der Waals surface area contributed by atoms with Gasteiger partial charge in [0.2, 0.25) is 5.88 Å². The van der Waals surface area contributed by atoms with Crippen LogP contribution in [0.25, 0.3) is 0 Å². The van der Waals surface area contributed by atoms with Gasteiger partial charge in [-0.1, -0.05) is 0 Å². The minimum atomic E-state index is -0.354. The molecule has 0 spiro atoms. The molecule has 0 bridgehead atoms. The van der Waals surface area contributed by atoms with Gasteiger partial charge in [-0.15, -0.1) is 0 Å². The fraction of sp³-hybridized carbons (Fsp3) is 0.250. The Bertz CT molecular complexity index is 325. The molecule has 0 radical (unpaired) electrons. The Balaban J connectivity index is 3.05. The smallest absolute Gasteiger partial charge is 0.267 e. The van der Waals surface area contributed by atoms with Crippen LogP contribution in [0.15, 0.2) is 12.1 Å². The maximum absolute atomic E-state index is 11.1. The Hall–Kier alpha value is -1.62. The van der Waals surface area contributed by atoms with Crippen LogP contribution < -0.4 is 16.0 Å². The van der Waals surface area contributed by atoms with Crippen LogP contribution in [0.5, 0.6) is 5.88 Å². The standard InChI is InChI=1S/C8H11N3O2/c1-5-6(8(12)11-9)3-4-7(10-5)13-2/h3-4H,9H2,1-2H3,(H,11,12). The van der Waals surface area contributed by atoms with E-state index in [-0.39, 0.29) is 5.91 Å². The number of nitrogens with one attached hydrogen (secondary N) is 1. The molecule has 0 aliphatic heterocycles. The zero-order valence-electron chi connectivity index (χ0n) is 7.50. The van der Waals surface area contributed by atoms with Crippen molar-refractivity contribution in [2.24, 2.45) is 5.84 Å². The number of methoxy groups -OCH3 is 1. The predicted octanol–water partition coefficient (Wildman–Crippen LogP) is 0.00212. The Morgan fingerprint density at radius 1 is 1.62 bits per heavy atom. The van der Waals surface area contributed by atoms with Gasteiger partial charge in [-0.25, -0.2) is 10.8 Å². The molecule has 3 N–H and O–H groups in total. The van der Waals surface area contributed by atoms with Crippen LogP contribution in [0.4, 0.5) is 0 Å². The van der Waals surface area contributed by atoms with Crippen molar-refractivity contribution in [1.82, 2.24) is 10.4 Å². The number of rotatable bonds is 2. The van der Waals surface area contributed by atoms with Crippen molar-refractivity contribution in [3.63, 3.8) is 0 Å². The Labute approximate surface area is 75.9 Å². The first-order valence-electron chi connectivity index (χ1n) is 3.71. The summed E-state index contributed by atoms with van der Waals surface area (Å²) in [6.07, 6.45) is 0. The first-order chi connectivity index (χ1) is 6.19. The highest BCUT2D eigenvalue weighted by atomic mass is 16.5. The maximum Gasteiger partial charge on any atom is 0.267 e. The first kappa shape index (κ1) is 9.47. The monoisotopic (exact) mass is 181 g/mol. The van der Waals surface area contributed by atoms with Gasteiger partial charge in [0.15, 0.2) is 0 Å². The number of nitrogens with zero attached hydrogens (tertiary/aromatic N) is 1. The fourth-order valence-corrected chi connectivity index (χ4v) is 0.969. The lowest BCUT2D eigenvalue weighted by Gasteiger charge is -2.04. The van der Waals surface area contributed by atoms with Gasteiger partial charge >= 0.3 is 0 Å². The quantitative estimate of drug-likeness (QED) is 0.382. The summed E-state index contributed by atoms with van der Waals surface area (Å²) in [5, 5.41) is 0. The van der Waals surface area contributed by atoms with E-state index in [2.05, 4.69) is 4.98 Å². The van der Waals surface area contributed by atoms with Crippen molar-refractivity contribution >= 4 is 5.91 Å². The van der Waals surface area contributed by atoms with Crippen LogP contribution in [0.3, 0.4) is 0 Å². The highest BCUT2D eigenvalue weighted by Crippen LogP contribution is 2.11. The minimum Gasteiger partial charge on any atom is -0.481 e. The molecule has 1 amide bonds. The van der Waals surface area contributed by atoms with Gasteiger partial charge < -0.3 is 4.74 Å². The summed E-state index contributed by atoms with van der Waals surface area (Å²) in [5.41, 5.74) is 3.07. The molecule has 0 fully saturated rings. The number of carbonyl (C=O) groups excluding carboxylic acids is 1. The van der Waals surface area contributed by atoms with Crippen LogP contribution >= 0.6 is 0 Å². The molecule has 0 atom stereocenters. The van der Waals surface area contributed by atoms with Gasteiger partial charge in [0.05, 0.1) is 18.4 Å². The maximum atomic E-state index is 11.1. The van der Waals surface area contributed by atoms with Crippen LogP contribution in [0.1, 0.15) is 16.1 Å². The van der Waals surface area contributed by atoms with E-state index in [9.17, 15) is 4.79 Å². The van der Waals surface area contributed by atoms with E-state index in [1.54, 1.807) is 19.1 Å². The highest BCUT2D eigenvalue weighted by molar-refractivity contribution is 5.94. The van der Waals surface area contributed by atoms with E-state index in [4.69, 9.17) is 10.6 Å². The molecule has 13 heavy (non-hydrogen) atoms. The van der Waals surface area contributed by atoms with Crippen LogP contribution in [0.2, 0.25) is 0 Å². The highest BCUT2D eigenvalue weighted by Gasteiger charge is 2.08. The molecule has 70 valence electrons. The van der Waals surface area contributed by atoms with Gasteiger partial charge in [-0.2, -0.15) is 0 Å². The number of nitrogens with two attached hydrogens (primary N) is 1. The number of aryl methyl sites for hydroxylation is 1. The van der Waals surface area contributed by atoms with E-state index in [0.29, 0.717) is 17.1 Å². The Morgan fingerprint density at radius 2 is 2.31 bits per heavy atom. The average molecular weight is 181 g/mol. The molecular weight excluding hydrogens is 170 g/mol. The Kier molecular flexibility index (Phi) is 2.81. The lowest BCUT2D eigenvalue weighted by molar-refractivity contribution is 0.0952. The number of hydrogen-bond donors (Lipinski definition) is 2. The summed E-state index contributed by atoms with van der Waals surface area (Å²) in [4.78, 5) is 15.1. The number of amides is 1. The molecule has 0 unspecified atom stereocenters. The third-order valence-corrected chi connectivity index (χ3v) is 1.65. The third-order valence-electron chi connectivity index (χ3n) is 1.65. The first-order valence-corrected chi connectivity index (χ1v) is 3.71. The number of carbonyl (C=O) groups is 1. The number of ether oxygens (including phenoxy) is 1. The van der Waals surface area contributed by atoms with E-state index in [0.717, 1.165) is 0 Å². The topological polar surface area (TPSA) is 77.2 Å². The summed E-state index contributed by atoms with van der Waals surface area (Å²) >= 11 is 0. The SMILES string of the molecule is COc1ccc(C(=O)NN)c(C)n1. The van der Waals surface area contributed by atoms with Gasteiger partial charge in [-0.05, 0) is 13.0 Å². The van der Waals surface area contributed by atoms with Crippen molar-refractivity contribution in [2.45, 2.75) is 6.92 Å². The van der Waals surface area contributed by atoms with E-state index >= 15 is 0 Å². The number of nitrogen functional groups attached to an aromatic ring is 1. The third kappa shape index (κ3) is 1.94. The van der Waals surface area contributed by atoms with Crippen molar-refractivity contribution in [1.29, 1.82) is 0 Å². The Morgan fingerprint density at radius 3 is 2.77 bits per heavy atom. The largest absolute Gasteiger partial charge is 0.481 e. The average Bonchev–Trinajstić information content (AvgIpc) is 2.16. The summed E-state index contributed by atoms with van der Waals surface area (Å²) in [6.45, 7) is 1.72. The molecule has 1 rings (SSSR count). The fourth-order valence-electron chi connectivity index (χ4n) is 0.969. The molecule has 1 aromatic rings. The van der Waals surface area contributed by atoms with E-state index < -0.39 is 0 Å². The number of aromatic nitrogens is 1. The van der Waals surface area contributed by atoms with Crippen molar-refractivity contribution in [3.05, 3.63) is 23.4 Å². The normalized spacial score (nSPS) is 9.46. The number of pyridine rings is 1. The van der Waals surface area contributed by atoms with Gasteiger partial charge in [0, 0.05) is 6.07 Å². The van der Waals surface area contributed by atoms with Gasteiger partial charge in [-0.3, -0.25) is 10.2 Å². The molecule has 5 nitrogen and oxygen atoms in total. The van der Waals surface area contributed by atoms with Crippen molar-refractivity contribution in [3.8, 4) is 5.88 Å². The summed E-state index contributed by atoms with van der Waals surface area (Å²) in [6, 6.07) is 3.22.